The Morgan fingerprint density at radius 1 is 0.923 bits per heavy atom. The fraction of sp³-hybridized carbons (Fsp3) is 1.00. The van der Waals surface area contributed by atoms with E-state index in [1.54, 1.807) is 14.2 Å². The fourth-order valence-electron chi connectivity index (χ4n) is 0.663. The molecule has 13 heavy (non-hydrogen) atoms. The van der Waals surface area contributed by atoms with E-state index in [2.05, 4.69) is 0 Å². The molecule has 0 rings (SSSR count). The van der Waals surface area contributed by atoms with Gasteiger partial charge in [0.1, 0.15) is 0 Å². The van der Waals surface area contributed by atoms with Crippen molar-refractivity contribution in [1.29, 1.82) is 0 Å². The predicted octanol–water partition coefficient (Wildman–Crippen LogP) is 0.877. The minimum Gasteiger partial charge on any atom is -0.382 e. The lowest BCUT2D eigenvalue weighted by Gasteiger charge is -2.15. The normalized spacial score (nSPS) is 11.1. The number of halogens is 1. The molecule has 5 heteroatoms. The van der Waals surface area contributed by atoms with Crippen LogP contribution in [-0.4, -0.2) is 52.8 Å². The Kier molecular flexibility index (Phi) is 10.3. The third-order valence-corrected chi connectivity index (χ3v) is 1.56. The predicted molar refractivity (Wildman–Crippen MR) is 50.2 cm³/mol. The lowest BCUT2D eigenvalue weighted by molar-refractivity contribution is -0.141. The molecular formula is C8H17ClO4. The number of alkyl halides is 1. The number of methoxy groups -OCH3 is 2. The zero-order valence-corrected chi connectivity index (χ0v) is 8.88. The van der Waals surface area contributed by atoms with Crippen molar-refractivity contribution in [2.45, 2.75) is 6.29 Å². The molecule has 0 saturated carbocycles. The van der Waals surface area contributed by atoms with E-state index in [0.29, 0.717) is 32.3 Å². The van der Waals surface area contributed by atoms with E-state index in [0.717, 1.165) is 0 Å². The zero-order chi connectivity index (χ0) is 9.94. The topological polar surface area (TPSA) is 36.9 Å². The van der Waals surface area contributed by atoms with Crippen LogP contribution in [0.25, 0.3) is 0 Å². The van der Waals surface area contributed by atoms with E-state index in [9.17, 15) is 0 Å². The van der Waals surface area contributed by atoms with E-state index >= 15 is 0 Å². The fourth-order valence-corrected chi connectivity index (χ4v) is 0.841. The Balaban J connectivity index is 3.28. The highest BCUT2D eigenvalue weighted by Crippen LogP contribution is 1.97. The van der Waals surface area contributed by atoms with Crippen molar-refractivity contribution in [3.63, 3.8) is 0 Å². The van der Waals surface area contributed by atoms with Crippen LogP contribution in [-0.2, 0) is 18.9 Å². The number of rotatable bonds is 9. The van der Waals surface area contributed by atoms with Gasteiger partial charge in [-0.05, 0) is 0 Å². The second kappa shape index (κ2) is 10.2. The summed E-state index contributed by atoms with van der Waals surface area (Å²) in [5.41, 5.74) is 0. The van der Waals surface area contributed by atoms with Gasteiger partial charge in [-0.2, -0.15) is 0 Å². The van der Waals surface area contributed by atoms with Crippen LogP contribution in [0.15, 0.2) is 0 Å². The van der Waals surface area contributed by atoms with Gasteiger partial charge in [-0.3, -0.25) is 0 Å². The third kappa shape index (κ3) is 8.46. The molecule has 0 atom stereocenters. The zero-order valence-electron chi connectivity index (χ0n) is 8.12. The summed E-state index contributed by atoms with van der Waals surface area (Å²) in [6.07, 6.45) is -0.369. The van der Waals surface area contributed by atoms with Gasteiger partial charge >= 0.3 is 0 Å². The van der Waals surface area contributed by atoms with Gasteiger partial charge in [0.05, 0.1) is 32.3 Å². The van der Waals surface area contributed by atoms with Crippen LogP contribution >= 0.6 is 11.6 Å². The first-order valence-corrected chi connectivity index (χ1v) is 4.65. The van der Waals surface area contributed by atoms with E-state index in [1.807, 2.05) is 0 Å². The van der Waals surface area contributed by atoms with Crippen molar-refractivity contribution in [2.75, 3.05) is 46.5 Å². The molecular weight excluding hydrogens is 196 g/mol. The van der Waals surface area contributed by atoms with Crippen LogP contribution in [0.5, 0.6) is 0 Å². The standard InChI is InChI=1S/C8H17ClO4/c1-10-3-5-12-8(7-9)13-6-4-11-2/h8H,3-7H2,1-2H3. The molecule has 0 aromatic heterocycles. The summed E-state index contributed by atoms with van der Waals surface area (Å²) in [5.74, 6) is 0.313. The minimum absolute atomic E-state index is 0.313. The Labute approximate surface area is 84.1 Å². The lowest BCUT2D eigenvalue weighted by Crippen LogP contribution is -2.23. The molecule has 0 N–H and O–H groups in total. The van der Waals surface area contributed by atoms with Crippen molar-refractivity contribution in [1.82, 2.24) is 0 Å². The van der Waals surface area contributed by atoms with Gasteiger partial charge in [0, 0.05) is 14.2 Å². The molecule has 0 fully saturated rings. The summed E-state index contributed by atoms with van der Waals surface area (Å²) in [5, 5.41) is 0. The second-order valence-electron chi connectivity index (χ2n) is 2.31. The molecule has 0 aromatic rings. The highest BCUT2D eigenvalue weighted by molar-refractivity contribution is 6.18. The summed E-state index contributed by atoms with van der Waals surface area (Å²) >= 11 is 5.59. The molecule has 0 aliphatic carbocycles. The van der Waals surface area contributed by atoms with Crippen LogP contribution in [0.2, 0.25) is 0 Å². The van der Waals surface area contributed by atoms with Crippen LogP contribution in [0.4, 0.5) is 0 Å². The molecule has 0 aromatic carbocycles. The van der Waals surface area contributed by atoms with Gasteiger partial charge in [0.15, 0.2) is 6.29 Å². The SMILES string of the molecule is COCCOC(CCl)OCCOC. The van der Waals surface area contributed by atoms with Gasteiger partial charge in [-0.15, -0.1) is 11.6 Å². The number of ether oxygens (including phenoxy) is 4. The molecule has 0 saturated heterocycles. The van der Waals surface area contributed by atoms with Crippen molar-refractivity contribution >= 4 is 11.6 Å². The third-order valence-electron chi connectivity index (χ3n) is 1.31. The summed E-state index contributed by atoms with van der Waals surface area (Å²) in [4.78, 5) is 0. The van der Waals surface area contributed by atoms with Crippen LogP contribution < -0.4 is 0 Å². The molecule has 0 radical (unpaired) electrons. The number of hydrogen-bond acceptors (Lipinski definition) is 4. The van der Waals surface area contributed by atoms with Crippen LogP contribution in [0, 0.1) is 0 Å². The molecule has 0 spiro atoms. The molecule has 0 heterocycles. The second-order valence-corrected chi connectivity index (χ2v) is 2.62. The first-order chi connectivity index (χ1) is 6.35. The quantitative estimate of drug-likeness (QED) is 0.323. The van der Waals surface area contributed by atoms with Gasteiger partial charge < -0.3 is 18.9 Å². The molecule has 80 valence electrons. The molecule has 4 nitrogen and oxygen atoms in total. The highest BCUT2D eigenvalue weighted by atomic mass is 35.5. The van der Waals surface area contributed by atoms with Crippen molar-refractivity contribution in [3.05, 3.63) is 0 Å². The monoisotopic (exact) mass is 212 g/mol. The van der Waals surface area contributed by atoms with Gasteiger partial charge in [0.25, 0.3) is 0 Å². The number of hydrogen-bond donors (Lipinski definition) is 0. The largest absolute Gasteiger partial charge is 0.382 e. The van der Waals surface area contributed by atoms with Gasteiger partial charge in [-0.1, -0.05) is 0 Å². The molecule has 0 bridgehead atoms. The van der Waals surface area contributed by atoms with Gasteiger partial charge in [0.2, 0.25) is 0 Å². The maximum absolute atomic E-state index is 5.59. The van der Waals surface area contributed by atoms with E-state index in [4.69, 9.17) is 30.5 Å². The maximum Gasteiger partial charge on any atom is 0.171 e. The summed E-state index contributed by atoms with van der Waals surface area (Å²) in [6, 6.07) is 0. The molecule has 0 aliphatic rings. The first-order valence-electron chi connectivity index (χ1n) is 4.12. The van der Waals surface area contributed by atoms with E-state index in [1.165, 1.54) is 0 Å². The minimum atomic E-state index is -0.369. The highest BCUT2D eigenvalue weighted by Gasteiger charge is 2.06. The van der Waals surface area contributed by atoms with E-state index < -0.39 is 0 Å². The van der Waals surface area contributed by atoms with E-state index in [-0.39, 0.29) is 6.29 Å². The summed E-state index contributed by atoms with van der Waals surface area (Å²) in [7, 11) is 3.23. The Bertz CT molecular complexity index is 92.1. The average Bonchev–Trinajstić information content (AvgIpc) is 2.16. The van der Waals surface area contributed by atoms with Crippen molar-refractivity contribution in [2.24, 2.45) is 0 Å². The van der Waals surface area contributed by atoms with Crippen LogP contribution in [0.3, 0.4) is 0 Å². The Morgan fingerprint density at radius 3 is 1.69 bits per heavy atom. The summed E-state index contributed by atoms with van der Waals surface area (Å²) < 4.78 is 20.1. The maximum atomic E-state index is 5.59. The van der Waals surface area contributed by atoms with Crippen molar-refractivity contribution in [3.8, 4) is 0 Å². The lowest BCUT2D eigenvalue weighted by atomic mass is 10.6. The van der Waals surface area contributed by atoms with Crippen molar-refractivity contribution < 1.29 is 18.9 Å². The Hall–Kier alpha value is 0.130. The smallest absolute Gasteiger partial charge is 0.171 e. The Morgan fingerprint density at radius 2 is 1.38 bits per heavy atom. The average molecular weight is 213 g/mol. The summed E-state index contributed by atoms with van der Waals surface area (Å²) in [6.45, 7) is 2.06. The molecule has 0 aliphatic heterocycles. The van der Waals surface area contributed by atoms with Gasteiger partial charge in [-0.25, -0.2) is 0 Å². The first kappa shape index (κ1) is 13.1. The molecule has 0 amide bonds. The molecule has 0 unspecified atom stereocenters. The van der Waals surface area contributed by atoms with Crippen LogP contribution in [0.1, 0.15) is 0 Å².